The van der Waals surface area contributed by atoms with E-state index in [4.69, 9.17) is 0 Å². The van der Waals surface area contributed by atoms with Gasteiger partial charge in [0.05, 0.1) is 6.04 Å². The molecule has 0 fully saturated rings. The van der Waals surface area contributed by atoms with Gasteiger partial charge in [-0.05, 0) is 205 Å². The largest absolute Gasteiger partial charge is 0.336 e. The third-order valence-corrected chi connectivity index (χ3v) is 19.9. The molecule has 0 aromatic heterocycles. The number of anilines is 1. The van der Waals surface area contributed by atoms with Crippen LogP contribution in [-0.2, 0) is 5.41 Å². The third-order valence-electron chi connectivity index (χ3n) is 19.9. The van der Waals surface area contributed by atoms with Gasteiger partial charge in [0, 0.05) is 41.0 Å². The first-order valence-corrected chi connectivity index (χ1v) is 28.1. The van der Waals surface area contributed by atoms with Gasteiger partial charge in [-0.1, -0.05) is 197 Å². The van der Waals surface area contributed by atoms with Crippen molar-refractivity contribution in [3.63, 3.8) is 0 Å². The predicted molar refractivity (Wildman–Crippen MR) is 324 cm³/mol. The maximum atomic E-state index is 2.67. The van der Waals surface area contributed by atoms with E-state index in [1.807, 2.05) is 0 Å². The van der Waals surface area contributed by atoms with Crippen molar-refractivity contribution in [2.75, 3.05) is 4.90 Å². The third kappa shape index (κ3) is 5.31. The monoisotopic (exact) mass is 981 g/mol. The van der Waals surface area contributed by atoms with Crippen molar-refractivity contribution >= 4 is 60.7 Å². The fourth-order valence-electron chi connectivity index (χ4n) is 16.6. The SMILES string of the molecule is Cc1ccccc1-c1c2c(c(-c3ccccc3C)c3cc4c(cc13)C1=CC=C(N3c5ccccc5C5C=CC=CC53)C3C=CC=C4C13)C1=CC=C3c4ccc5c6c(ccc(c46)C4=CC=C2C1C43)-c1ccc(C(C)(C)C)cc1-5. The van der Waals surface area contributed by atoms with Crippen LogP contribution in [0.25, 0.3) is 99.5 Å². The van der Waals surface area contributed by atoms with E-state index in [9.17, 15) is 0 Å². The highest BCUT2D eigenvalue weighted by Gasteiger charge is 2.51. The molecule has 364 valence electrons. The molecule has 8 aromatic carbocycles. The number of benzene rings is 8. The molecule has 8 aromatic rings. The molecule has 1 nitrogen and oxygen atoms in total. The normalized spacial score (nSPS) is 23.2. The summed E-state index contributed by atoms with van der Waals surface area (Å²) in [5.41, 5.74) is 36.3. The quantitative estimate of drug-likeness (QED) is 0.171. The second-order valence-corrected chi connectivity index (χ2v) is 24.5. The van der Waals surface area contributed by atoms with Gasteiger partial charge in [-0.3, -0.25) is 0 Å². The van der Waals surface area contributed by atoms with E-state index in [1.54, 1.807) is 0 Å². The Kier molecular flexibility index (Phi) is 8.14. The Labute approximate surface area is 451 Å². The van der Waals surface area contributed by atoms with E-state index in [2.05, 4.69) is 246 Å². The van der Waals surface area contributed by atoms with Gasteiger partial charge >= 0.3 is 0 Å². The van der Waals surface area contributed by atoms with Crippen LogP contribution in [0.3, 0.4) is 0 Å². The summed E-state index contributed by atoms with van der Waals surface area (Å²) >= 11 is 0. The van der Waals surface area contributed by atoms with Crippen LogP contribution in [0.15, 0.2) is 212 Å². The number of allylic oxidation sites excluding steroid dienone is 17. The minimum absolute atomic E-state index is 0.0764. The molecule has 18 rings (SSSR count). The molecule has 9 aliphatic carbocycles. The van der Waals surface area contributed by atoms with Crippen molar-refractivity contribution in [1.29, 1.82) is 0 Å². The average Bonchev–Trinajstić information content (AvgIpc) is 4.33. The molecule has 6 atom stereocenters. The molecule has 77 heavy (non-hydrogen) atoms. The molecule has 1 heterocycles. The Morgan fingerprint density at radius 2 is 0.896 bits per heavy atom. The molecule has 0 spiro atoms. The fourth-order valence-corrected chi connectivity index (χ4v) is 16.6. The molecule has 0 N–H and O–H groups in total. The van der Waals surface area contributed by atoms with Crippen LogP contribution < -0.4 is 4.90 Å². The van der Waals surface area contributed by atoms with Crippen LogP contribution in [0.1, 0.15) is 82.3 Å². The molecule has 1 heteroatoms. The molecule has 1 aliphatic heterocycles. The second-order valence-electron chi connectivity index (χ2n) is 24.5. The molecular weight excluding hydrogens is 927 g/mol. The number of hydrogen-bond donors (Lipinski definition) is 0. The lowest BCUT2D eigenvalue weighted by Gasteiger charge is -2.40. The topological polar surface area (TPSA) is 3.24 Å². The molecule has 10 aliphatic rings. The maximum Gasteiger partial charge on any atom is 0.0626 e. The van der Waals surface area contributed by atoms with Crippen LogP contribution in [-0.4, -0.2) is 6.04 Å². The van der Waals surface area contributed by atoms with Crippen LogP contribution >= 0.6 is 0 Å². The molecule has 6 unspecified atom stereocenters. The van der Waals surface area contributed by atoms with Crippen molar-refractivity contribution in [1.82, 2.24) is 0 Å². The Morgan fingerprint density at radius 3 is 1.57 bits per heavy atom. The van der Waals surface area contributed by atoms with E-state index in [0.29, 0.717) is 5.92 Å². The summed E-state index contributed by atoms with van der Waals surface area (Å²) in [5.74, 6) is 1.19. The molecular formula is C76H55N. The number of hydrogen-bond acceptors (Lipinski definition) is 1. The highest BCUT2D eigenvalue weighted by atomic mass is 15.2. The van der Waals surface area contributed by atoms with Crippen LogP contribution in [0.2, 0.25) is 0 Å². The standard InChI is InChI=1S/C76H55N/c1-40-15-6-8-17-43(40)68-62-38-60-48-21-14-22-56-66(77-64-23-12-10-19-46(64)47-20-11-13-24-65(47)77)36-35-54(67(48)56)61(60)39-63(62)69(44-18-9-7-16-41(44)2)75-58-33-31-52-50-28-27-49-45-26-25-42(76(3,4)5)37-59(45)55-30-29-51(71(50)70(49)55)53-32-34-57(74(68)75)73(58)72(52)53/h6-39,46,56,64,67,72-73H,1-5H3. The Morgan fingerprint density at radius 1 is 0.377 bits per heavy atom. The summed E-state index contributed by atoms with van der Waals surface area (Å²) in [6, 6.07) is 50.1. The molecule has 0 saturated carbocycles. The Hall–Kier alpha value is -8.52. The minimum atomic E-state index is 0.0764. The van der Waals surface area contributed by atoms with Crippen LogP contribution in [0, 0.1) is 37.5 Å². The number of fused-ring (bicyclic) bond motifs is 15. The van der Waals surface area contributed by atoms with E-state index in [-0.39, 0.29) is 35.1 Å². The summed E-state index contributed by atoms with van der Waals surface area (Å²) < 4.78 is 0. The van der Waals surface area contributed by atoms with Crippen molar-refractivity contribution in [3.8, 4) is 44.5 Å². The lowest BCUT2D eigenvalue weighted by Crippen LogP contribution is -2.37. The van der Waals surface area contributed by atoms with Gasteiger partial charge in [-0.25, -0.2) is 0 Å². The first kappa shape index (κ1) is 42.7. The number of para-hydroxylation sites is 1. The molecule has 0 radical (unpaired) electrons. The second kappa shape index (κ2) is 14.7. The zero-order valence-corrected chi connectivity index (χ0v) is 44.0. The van der Waals surface area contributed by atoms with E-state index < -0.39 is 0 Å². The van der Waals surface area contributed by atoms with E-state index in [0.717, 1.165) is 0 Å². The zero-order valence-electron chi connectivity index (χ0n) is 44.0. The summed E-state index contributed by atoms with van der Waals surface area (Å²) in [6.45, 7) is 11.6. The van der Waals surface area contributed by atoms with Crippen LogP contribution in [0.4, 0.5) is 5.69 Å². The van der Waals surface area contributed by atoms with Crippen LogP contribution in [0.5, 0.6) is 0 Å². The van der Waals surface area contributed by atoms with Crippen molar-refractivity contribution in [3.05, 3.63) is 268 Å². The highest BCUT2D eigenvalue weighted by Crippen LogP contribution is 2.68. The van der Waals surface area contributed by atoms with Crippen molar-refractivity contribution in [2.45, 2.75) is 52.0 Å². The molecule has 0 bridgehead atoms. The summed E-state index contributed by atoms with van der Waals surface area (Å²) in [5, 5.41) is 5.55. The first-order valence-electron chi connectivity index (χ1n) is 28.1. The van der Waals surface area contributed by atoms with Gasteiger partial charge < -0.3 is 4.90 Å². The van der Waals surface area contributed by atoms with Crippen molar-refractivity contribution in [2.24, 2.45) is 23.7 Å². The maximum absolute atomic E-state index is 2.67. The van der Waals surface area contributed by atoms with E-state index >= 15 is 0 Å². The first-order chi connectivity index (χ1) is 37.7. The Bertz CT molecular complexity index is 4530. The lowest BCUT2D eigenvalue weighted by molar-refractivity contribution is 0.590. The summed E-state index contributed by atoms with van der Waals surface area (Å²) in [7, 11) is 0. The Balaban J connectivity index is 0.888. The van der Waals surface area contributed by atoms with Gasteiger partial charge in [0.2, 0.25) is 0 Å². The van der Waals surface area contributed by atoms with Gasteiger partial charge in [0.1, 0.15) is 0 Å². The highest BCUT2D eigenvalue weighted by molar-refractivity contribution is 6.26. The summed E-state index contributed by atoms with van der Waals surface area (Å²) in [4.78, 5) is 2.67. The van der Waals surface area contributed by atoms with Gasteiger partial charge in [0.25, 0.3) is 0 Å². The van der Waals surface area contributed by atoms with Gasteiger partial charge in [-0.2, -0.15) is 0 Å². The lowest BCUT2D eigenvalue weighted by atomic mass is 9.62. The number of nitrogens with zero attached hydrogens (tertiary/aromatic N) is 1. The number of aryl methyl sites for hydroxylation is 2. The minimum Gasteiger partial charge on any atom is -0.336 e. The van der Waals surface area contributed by atoms with Gasteiger partial charge in [0.15, 0.2) is 0 Å². The van der Waals surface area contributed by atoms with E-state index in [1.165, 1.54) is 167 Å². The zero-order chi connectivity index (χ0) is 50.9. The average molecular weight is 982 g/mol. The summed E-state index contributed by atoms with van der Waals surface area (Å²) in [6.07, 6.45) is 31.8. The van der Waals surface area contributed by atoms with Gasteiger partial charge in [-0.15, -0.1) is 0 Å². The predicted octanol–water partition coefficient (Wildman–Crippen LogP) is 19.0. The van der Waals surface area contributed by atoms with Crippen molar-refractivity contribution < 1.29 is 0 Å². The molecule has 0 amide bonds. The fraction of sp³-hybridized carbons (Fsp3) is 0.158. The smallest absolute Gasteiger partial charge is 0.0626 e. The number of rotatable bonds is 3. The molecule has 0 saturated heterocycles.